The van der Waals surface area contributed by atoms with Crippen LogP contribution in [0, 0.1) is 12.8 Å². The third kappa shape index (κ3) is 5.82. The molecule has 10 heteroatoms. The van der Waals surface area contributed by atoms with Gasteiger partial charge >= 0.3 is 0 Å². The highest BCUT2D eigenvalue weighted by Crippen LogP contribution is 2.24. The summed E-state index contributed by atoms with van der Waals surface area (Å²) in [4.78, 5) is 17.4. The summed E-state index contributed by atoms with van der Waals surface area (Å²) in [6, 6.07) is 16.6. The van der Waals surface area contributed by atoms with Crippen LogP contribution in [-0.2, 0) is 14.8 Å². The number of sulfonamides is 1. The molecule has 0 saturated carbocycles. The van der Waals surface area contributed by atoms with Crippen LogP contribution in [0.25, 0.3) is 11.4 Å². The van der Waals surface area contributed by atoms with Gasteiger partial charge in [0.1, 0.15) is 0 Å². The zero-order valence-electron chi connectivity index (χ0n) is 18.4. The molecule has 0 bridgehead atoms. The number of aryl methyl sites for hydroxylation is 1. The van der Waals surface area contributed by atoms with Crippen LogP contribution in [0.2, 0.25) is 0 Å². The third-order valence-electron chi connectivity index (χ3n) is 5.56. The number of thioether (sulfide) groups is 1. The minimum Gasteiger partial charge on any atom is -0.355 e. The molecule has 8 nitrogen and oxygen atoms in total. The Balaban J connectivity index is 1.26. The molecule has 0 radical (unpaired) electrons. The Hall–Kier alpha value is -2.69. The average molecular weight is 486 g/mol. The second-order valence-electron chi connectivity index (χ2n) is 7.99. The van der Waals surface area contributed by atoms with Crippen molar-refractivity contribution in [2.24, 2.45) is 5.92 Å². The molecule has 0 aliphatic carbocycles. The van der Waals surface area contributed by atoms with Gasteiger partial charge in [0.2, 0.25) is 21.1 Å². The number of carbonyl (C=O) groups is 1. The third-order valence-corrected chi connectivity index (χ3v) is 8.29. The SMILES string of the molecule is Cc1ccc(S(=O)(=O)N2CCC[C@@H](C(=O)NCCSc3n[nH]c(-c4ccccc4)n3)C2)cc1. The Labute approximate surface area is 198 Å². The topological polar surface area (TPSA) is 108 Å². The maximum atomic E-state index is 13.0. The van der Waals surface area contributed by atoms with E-state index in [-0.39, 0.29) is 23.3 Å². The summed E-state index contributed by atoms with van der Waals surface area (Å²) >= 11 is 1.45. The summed E-state index contributed by atoms with van der Waals surface area (Å²) in [5.74, 6) is 0.867. The number of nitrogens with one attached hydrogen (secondary N) is 2. The van der Waals surface area contributed by atoms with Gasteiger partial charge in [0, 0.05) is 31.0 Å². The van der Waals surface area contributed by atoms with E-state index in [1.807, 2.05) is 37.3 Å². The molecule has 4 rings (SSSR count). The van der Waals surface area contributed by atoms with E-state index >= 15 is 0 Å². The van der Waals surface area contributed by atoms with Crippen LogP contribution in [0.3, 0.4) is 0 Å². The fourth-order valence-corrected chi connectivity index (χ4v) is 5.91. The van der Waals surface area contributed by atoms with E-state index in [0.717, 1.165) is 11.1 Å². The molecule has 1 aromatic heterocycles. The molecule has 0 spiro atoms. The molecule has 2 aromatic carbocycles. The van der Waals surface area contributed by atoms with Crippen LogP contribution in [-0.4, -0.2) is 59.2 Å². The van der Waals surface area contributed by atoms with Gasteiger partial charge in [0.15, 0.2) is 5.82 Å². The summed E-state index contributed by atoms with van der Waals surface area (Å²) < 4.78 is 27.4. The smallest absolute Gasteiger partial charge is 0.243 e. The van der Waals surface area contributed by atoms with Crippen molar-refractivity contribution in [2.75, 3.05) is 25.4 Å². The van der Waals surface area contributed by atoms with Crippen molar-refractivity contribution in [1.29, 1.82) is 0 Å². The number of amides is 1. The number of nitrogens with zero attached hydrogens (tertiary/aromatic N) is 3. The summed E-state index contributed by atoms with van der Waals surface area (Å²) in [6.07, 6.45) is 1.34. The summed E-state index contributed by atoms with van der Waals surface area (Å²) in [5.41, 5.74) is 1.97. The number of aromatic amines is 1. The Morgan fingerprint density at radius 3 is 2.70 bits per heavy atom. The summed E-state index contributed by atoms with van der Waals surface area (Å²) in [6.45, 7) is 3.02. The van der Waals surface area contributed by atoms with Gasteiger partial charge in [-0.2, -0.15) is 4.31 Å². The molecular weight excluding hydrogens is 458 g/mol. The van der Waals surface area contributed by atoms with Gasteiger partial charge in [-0.1, -0.05) is 59.8 Å². The fourth-order valence-electron chi connectivity index (χ4n) is 3.73. The van der Waals surface area contributed by atoms with E-state index in [1.54, 1.807) is 24.3 Å². The zero-order chi connectivity index (χ0) is 23.3. The van der Waals surface area contributed by atoms with Crippen LogP contribution < -0.4 is 5.32 Å². The van der Waals surface area contributed by atoms with Gasteiger partial charge in [-0.25, -0.2) is 13.4 Å². The largest absolute Gasteiger partial charge is 0.355 e. The van der Waals surface area contributed by atoms with E-state index in [2.05, 4.69) is 20.5 Å². The number of hydrogen-bond donors (Lipinski definition) is 2. The first-order valence-corrected chi connectivity index (χ1v) is 13.3. The number of hydrogen-bond acceptors (Lipinski definition) is 6. The standard InChI is InChI=1S/C23H27N5O3S2/c1-17-9-11-20(12-10-17)33(30,31)28-14-5-8-19(16-28)22(29)24-13-15-32-23-25-21(26-27-23)18-6-3-2-4-7-18/h2-4,6-7,9-12,19H,5,8,13-16H2,1H3,(H,24,29)(H,25,26,27)/t19-/m1/s1. The molecule has 1 amide bonds. The van der Waals surface area contributed by atoms with Crippen LogP contribution in [0.1, 0.15) is 18.4 Å². The van der Waals surface area contributed by atoms with Gasteiger partial charge in [-0.05, 0) is 31.9 Å². The van der Waals surface area contributed by atoms with Crippen molar-refractivity contribution in [2.45, 2.75) is 29.8 Å². The number of benzene rings is 2. The van der Waals surface area contributed by atoms with E-state index in [1.165, 1.54) is 16.1 Å². The lowest BCUT2D eigenvalue weighted by Gasteiger charge is -2.31. The molecule has 1 atom stereocenters. The maximum Gasteiger partial charge on any atom is 0.243 e. The molecule has 1 aliphatic rings. The van der Waals surface area contributed by atoms with E-state index in [4.69, 9.17) is 0 Å². The first-order valence-electron chi connectivity index (χ1n) is 10.9. The molecule has 2 N–H and O–H groups in total. The number of piperidine rings is 1. The Kier molecular flexibility index (Phi) is 7.46. The van der Waals surface area contributed by atoms with Gasteiger partial charge in [-0.15, -0.1) is 5.10 Å². The molecule has 0 unspecified atom stereocenters. The van der Waals surface area contributed by atoms with E-state index in [9.17, 15) is 13.2 Å². The van der Waals surface area contributed by atoms with Gasteiger partial charge in [-0.3, -0.25) is 9.89 Å². The predicted octanol–water partition coefficient (Wildman–Crippen LogP) is 3.09. The Morgan fingerprint density at radius 2 is 1.94 bits per heavy atom. The van der Waals surface area contributed by atoms with Crippen molar-refractivity contribution in [3.05, 3.63) is 60.2 Å². The fraction of sp³-hybridized carbons (Fsp3) is 0.348. The lowest BCUT2D eigenvalue weighted by atomic mass is 9.99. The summed E-state index contributed by atoms with van der Waals surface area (Å²) in [5, 5.41) is 10.7. The molecule has 1 saturated heterocycles. The molecule has 33 heavy (non-hydrogen) atoms. The normalized spacial score (nSPS) is 17.1. The van der Waals surface area contributed by atoms with Crippen LogP contribution >= 0.6 is 11.8 Å². The minimum atomic E-state index is -3.60. The van der Waals surface area contributed by atoms with Crippen LogP contribution in [0.5, 0.6) is 0 Å². The van der Waals surface area contributed by atoms with E-state index < -0.39 is 10.0 Å². The number of H-pyrrole nitrogens is 1. The molecule has 3 aromatic rings. The van der Waals surface area contributed by atoms with Crippen molar-refractivity contribution in [3.63, 3.8) is 0 Å². The highest BCUT2D eigenvalue weighted by atomic mass is 32.2. The first-order chi connectivity index (χ1) is 15.9. The number of aromatic nitrogens is 3. The number of rotatable bonds is 8. The van der Waals surface area contributed by atoms with Crippen molar-refractivity contribution < 1.29 is 13.2 Å². The quantitative estimate of drug-likeness (QED) is 0.375. The Morgan fingerprint density at radius 1 is 1.18 bits per heavy atom. The first kappa shape index (κ1) is 23.5. The van der Waals surface area contributed by atoms with Crippen molar-refractivity contribution >= 4 is 27.7 Å². The lowest BCUT2D eigenvalue weighted by molar-refractivity contribution is -0.125. The molecule has 2 heterocycles. The number of carbonyl (C=O) groups excluding carboxylic acids is 1. The predicted molar refractivity (Wildman–Crippen MR) is 128 cm³/mol. The van der Waals surface area contributed by atoms with Gasteiger partial charge in [0.05, 0.1) is 10.8 Å². The summed E-state index contributed by atoms with van der Waals surface area (Å²) in [7, 11) is -3.60. The van der Waals surface area contributed by atoms with Crippen LogP contribution in [0.15, 0.2) is 64.6 Å². The van der Waals surface area contributed by atoms with Crippen molar-refractivity contribution in [1.82, 2.24) is 24.8 Å². The maximum absolute atomic E-state index is 13.0. The van der Waals surface area contributed by atoms with Gasteiger partial charge in [0.25, 0.3) is 0 Å². The minimum absolute atomic E-state index is 0.112. The molecule has 1 aliphatic heterocycles. The van der Waals surface area contributed by atoms with E-state index in [0.29, 0.717) is 42.7 Å². The second kappa shape index (κ2) is 10.5. The van der Waals surface area contributed by atoms with Gasteiger partial charge < -0.3 is 5.32 Å². The second-order valence-corrected chi connectivity index (χ2v) is 11.0. The lowest BCUT2D eigenvalue weighted by Crippen LogP contribution is -2.45. The Bertz CT molecular complexity index is 1180. The average Bonchev–Trinajstić information content (AvgIpc) is 3.32. The molecule has 174 valence electrons. The monoisotopic (exact) mass is 485 g/mol. The highest BCUT2D eigenvalue weighted by Gasteiger charge is 2.33. The molecule has 1 fully saturated rings. The van der Waals surface area contributed by atoms with Crippen LogP contribution in [0.4, 0.5) is 0 Å². The zero-order valence-corrected chi connectivity index (χ0v) is 20.0. The highest BCUT2D eigenvalue weighted by molar-refractivity contribution is 7.99. The molecular formula is C23H27N5O3S2. The van der Waals surface area contributed by atoms with Crippen molar-refractivity contribution in [3.8, 4) is 11.4 Å².